The highest BCUT2D eigenvalue weighted by atomic mass is 14.2. The zero-order valence-electron chi connectivity index (χ0n) is 12.3. The van der Waals surface area contributed by atoms with Gasteiger partial charge in [-0.2, -0.15) is 0 Å². The monoisotopic (exact) mass is 240 g/mol. The fourth-order valence-electron chi connectivity index (χ4n) is 3.30. The summed E-state index contributed by atoms with van der Waals surface area (Å²) in [6.45, 7) is 11.5. The van der Waals surface area contributed by atoms with E-state index in [0.29, 0.717) is 5.92 Å². The molecule has 0 aliphatic heterocycles. The van der Waals surface area contributed by atoms with Gasteiger partial charge in [-0.1, -0.05) is 52.0 Å². The number of aryl methyl sites for hydroxylation is 1. The molecule has 0 N–H and O–H groups in total. The van der Waals surface area contributed by atoms with Crippen molar-refractivity contribution in [1.82, 2.24) is 0 Å². The maximum absolute atomic E-state index is 2.32. The highest BCUT2D eigenvalue weighted by Crippen LogP contribution is 2.35. The van der Waals surface area contributed by atoms with Crippen LogP contribution in [0, 0.1) is 6.92 Å². The Labute approximate surface area is 111 Å². The molecule has 0 saturated heterocycles. The minimum atomic E-state index is 0.593. The molecule has 2 rings (SSSR count). The van der Waals surface area contributed by atoms with E-state index in [4.69, 9.17) is 0 Å². The van der Waals surface area contributed by atoms with Crippen LogP contribution in [-0.4, -0.2) is 0 Å². The summed E-state index contributed by atoms with van der Waals surface area (Å²) in [5, 5.41) is 2.90. The Kier molecular flexibility index (Phi) is 3.75. The number of rotatable bonds is 3. The van der Waals surface area contributed by atoms with Crippen LogP contribution in [0.4, 0.5) is 0 Å². The van der Waals surface area contributed by atoms with Crippen LogP contribution in [0.15, 0.2) is 24.3 Å². The summed E-state index contributed by atoms with van der Waals surface area (Å²) in [6, 6.07) is 8.88. The van der Waals surface area contributed by atoms with E-state index in [1.165, 1.54) is 16.3 Å². The molecule has 0 heterocycles. The Morgan fingerprint density at radius 3 is 1.94 bits per heavy atom. The zero-order valence-corrected chi connectivity index (χ0v) is 12.3. The van der Waals surface area contributed by atoms with Crippen LogP contribution in [0.25, 0.3) is 10.8 Å². The van der Waals surface area contributed by atoms with Crippen molar-refractivity contribution >= 4 is 10.8 Å². The van der Waals surface area contributed by atoms with Crippen molar-refractivity contribution in [1.29, 1.82) is 0 Å². The summed E-state index contributed by atoms with van der Waals surface area (Å²) in [4.78, 5) is 0. The molecule has 0 unspecified atom stereocenters. The average molecular weight is 240 g/mol. The number of fused-ring (bicyclic) bond motifs is 1. The molecule has 0 aliphatic carbocycles. The number of hydrogen-bond donors (Lipinski definition) is 0. The molecule has 0 saturated carbocycles. The van der Waals surface area contributed by atoms with E-state index in [1.807, 2.05) is 0 Å². The first kappa shape index (κ1) is 13.1. The SMILES string of the molecule is CCc1c(CC)c(C(C)C)c2ccccc2c1C. The van der Waals surface area contributed by atoms with Crippen molar-refractivity contribution in [3.63, 3.8) is 0 Å². The van der Waals surface area contributed by atoms with Gasteiger partial charge in [0.05, 0.1) is 0 Å². The Morgan fingerprint density at radius 1 is 0.889 bits per heavy atom. The maximum atomic E-state index is 2.32. The van der Waals surface area contributed by atoms with E-state index in [0.717, 1.165) is 12.8 Å². The van der Waals surface area contributed by atoms with Gasteiger partial charge in [-0.05, 0) is 58.7 Å². The van der Waals surface area contributed by atoms with Gasteiger partial charge >= 0.3 is 0 Å². The standard InChI is InChI=1S/C18H24/c1-6-14-13(5)16-10-8-9-11-17(16)18(12(3)4)15(14)7-2/h8-12H,6-7H2,1-5H3. The van der Waals surface area contributed by atoms with Crippen molar-refractivity contribution in [3.8, 4) is 0 Å². The summed E-state index contributed by atoms with van der Waals surface area (Å²) in [7, 11) is 0. The van der Waals surface area contributed by atoms with Crippen molar-refractivity contribution in [2.24, 2.45) is 0 Å². The molecular weight excluding hydrogens is 216 g/mol. The van der Waals surface area contributed by atoms with E-state index in [2.05, 4.69) is 58.9 Å². The highest BCUT2D eigenvalue weighted by molar-refractivity contribution is 5.91. The molecule has 0 amide bonds. The molecule has 0 aliphatic rings. The summed E-state index contributed by atoms with van der Waals surface area (Å²) >= 11 is 0. The molecule has 2 aromatic carbocycles. The third-order valence-electron chi connectivity index (χ3n) is 4.05. The molecule has 18 heavy (non-hydrogen) atoms. The van der Waals surface area contributed by atoms with Crippen LogP contribution < -0.4 is 0 Å². The summed E-state index contributed by atoms with van der Waals surface area (Å²) in [6.07, 6.45) is 2.28. The lowest BCUT2D eigenvalue weighted by atomic mass is 9.83. The number of hydrogen-bond acceptors (Lipinski definition) is 0. The molecule has 0 fully saturated rings. The first-order chi connectivity index (χ1) is 8.61. The Morgan fingerprint density at radius 2 is 1.44 bits per heavy atom. The second-order valence-corrected chi connectivity index (χ2v) is 5.40. The van der Waals surface area contributed by atoms with Crippen molar-refractivity contribution in [2.75, 3.05) is 0 Å². The zero-order chi connectivity index (χ0) is 13.3. The predicted octanol–water partition coefficient (Wildman–Crippen LogP) is 5.40. The van der Waals surface area contributed by atoms with Crippen molar-refractivity contribution < 1.29 is 0 Å². The second kappa shape index (κ2) is 5.14. The molecule has 0 atom stereocenters. The smallest absolute Gasteiger partial charge is 0.0144 e. The van der Waals surface area contributed by atoms with E-state index < -0.39 is 0 Å². The van der Waals surface area contributed by atoms with Crippen molar-refractivity contribution in [3.05, 3.63) is 46.5 Å². The van der Waals surface area contributed by atoms with Gasteiger partial charge < -0.3 is 0 Å². The quantitative estimate of drug-likeness (QED) is 0.674. The fourth-order valence-corrected chi connectivity index (χ4v) is 3.30. The van der Waals surface area contributed by atoms with Crippen LogP contribution in [0.1, 0.15) is 55.9 Å². The molecule has 0 heteroatoms. The molecule has 96 valence electrons. The lowest BCUT2D eigenvalue weighted by molar-refractivity contribution is 0.844. The van der Waals surface area contributed by atoms with Crippen LogP contribution in [0.3, 0.4) is 0 Å². The number of benzene rings is 2. The third-order valence-corrected chi connectivity index (χ3v) is 4.05. The lowest BCUT2D eigenvalue weighted by Gasteiger charge is -2.22. The molecule has 0 nitrogen and oxygen atoms in total. The Balaban J connectivity index is 2.96. The largest absolute Gasteiger partial charge is 0.0616 e. The summed E-state index contributed by atoms with van der Waals surface area (Å²) < 4.78 is 0. The van der Waals surface area contributed by atoms with Gasteiger partial charge in [0.25, 0.3) is 0 Å². The fraction of sp³-hybridized carbons (Fsp3) is 0.444. The van der Waals surface area contributed by atoms with Crippen LogP contribution in [-0.2, 0) is 12.8 Å². The van der Waals surface area contributed by atoms with Gasteiger partial charge in [-0.3, -0.25) is 0 Å². The van der Waals surface area contributed by atoms with Crippen molar-refractivity contribution in [2.45, 2.75) is 53.4 Å². The maximum Gasteiger partial charge on any atom is -0.0144 e. The van der Waals surface area contributed by atoms with Gasteiger partial charge in [0.1, 0.15) is 0 Å². The first-order valence-corrected chi connectivity index (χ1v) is 7.14. The lowest BCUT2D eigenvalue weighted by Crippen LogP contribution is -2.04. The topological polar surface area (TPSA) is 0 Å². The first-order valence-electron chi connectivity index (χ1n) is 7.14. The minimum Gasteiger partial charge on any atom is -0.0616 e. The van der Waals surface area contributed by atoms with Gasteiger partial charge in [0.15, 0.2) is 0 Å². The second-order valence-electron chi connectivity index (χ2n) is 5.40. The summed E-state index contributed by atoms with van der Waals surface area (Å²) in [5.74, 6) is 0.593. The minimum absolute atomic E-state index is 0.593. The van der Waals surface area contributed by atoms with Crippen LogP contribution in [0.5, 0.6) is 0 Å². The Bertz CT molecular complexity index is 562. The van der Waals surface area contributed by atoms with Crippen LogP contribution >= 0.6 is 0 Å². The molecular formula is C18H24. The van der Waals surface area contributed by atoms with E-state index in [-0.39, 0.29) is 0 Å². The molecule has 0 spiro atoms. The van der Waals surface area contributed by atoms with E-state index >= 15 is 0 Å². The molecule has 0 radical (unpaired) electrons. The van der Waals surface area contributed by atoms with Crippen LogP contribution in [0.2, 0.25) is 0 Å². The summed E-state index contributed by atoms with van der Waals surface area (Å²) in [5.41, 5.74) is 6.20. The van der Waals surface area contributed by atoms with E-state index in [1.54, 1.807) is 16.7 Å². The Hall–Kier alpha value is -1.30. The van der Waals surface area contributed by atoms with Gasteiger partial charge in [0.2, 0.25) is 0 Å². The molecule has 0 bridgehead atoms. The average Bonchev–Trinajstić information content (AvgIpc) is 2.38. The van der Waals surface area contributed by atoms with Gasteiger partial charge in [-0.15, -0.1) is 0 Å². The molecule has 0 aromatic heterocycles. The normalized spacial score (nSPS) is 11.4. The van der Waals surface area contributed by atoms with Gasteiger partial charge in [0, 0.05) is 0 Å². The third kappa shape index (κ3) is 1.94. The van der Waals surface area contributed by atoms with E-state index in [9.17, 15) is 0 Å². The predicted molar refractivity (Wildman–Crippen MR) is 81.5 cm³/mol. The molecule has 2 aromatic rings. The highest BCUT2D eigenvalue weighted by Gasteiger charge is 2.16. The van der Waals surface area contributed by atoms with Gasteiger partial charge in [-0.25, -0.2) is 0 Å².